The summed E-state index contributed by atoms with van der Waals surface area (Å²) in [7, 11) is 0. The highest BCUT2D eigenvalue weighted by atomic mass is 35.5. The van der Waals surface area contributed by atoms with Crippen LogP contribution in [0.1, 0.15) is 23.7 Å². The quantitative estimate of drug-likeness (QED) is 0.364. The largest absolute Gasteiger partial charge is 0.325 e. The minimum atomic E-state index is -0.403. The van der Waals surface area contributed by atoms with Gasteiger partial charge in [0.25, 0.3) is 5.91 Å². The third-order valence-electron chi connectivity index (χ3n) is 4.33. The maximum Gasteiger partial charge on any atom is 0.255 e. The number of halogens is 3. The standard InChI is InChI=1S/C23H19Cl2FN2O2S/c1-2-21(23(30)28-17-10-11-19(24)20(25)13-17)31-18-5-3-4-16(12-18)27-22(29)14-6-8-15(26)9-7-14/h3-13,21H,2H2,1H3,(H,27,29)(H,28,30). The summed E-state index contributed by atoms with van der Waals surface area (Å²) in [6, 6.07) is 17.4. The lowest BCUT2D eigenvalue weighted by Gasteiger charge is -2.16. The molecule has 3 aromatic carbocycles. The molecule has 4 nitrogen and oxygen atoms in total. The molecule has 3 aromatic rings. The van der Waals surface area contributed by atoms with Crippen LogP contribution < -0.4 is 10.6 Å². The molecule has 0 aromatic heterocycles. The first kappa shape index (κ1) is 23.1. The molecule has 1 atom stereocenters. The van der Waals surface area contributed by atoms with Crippen LogP contribution in [0.2, 0.25) is 10.0 Å². The van der Waals surface area contributed by atoms with Crippen LogP contribution in [0.15, 0.2) is 71.6 Å². The number of nitrogens with one attached hydrogen (secondary N) is 2. The minimum Gasteiger partial charge on any atom is -0.325 e. The molecule has 0 fully saturated rings. The molecule has 0 bridgehead atoms. The van der Waals surface area contributed by atoms with Gasteiger partial charge in [-0.25, -0.2) is 4.39 Å². The fraction of sp³-hybridized carbons (Fsp3) is 0.130. The van der Waals surface area contributed by atoms with Crippen molar-refractivity contribution in [1.82, 2.24) is 0 Å². The van der Waals surface area contributed by atoms with E-state index in [1.165, 1.54) is 36.0 Å². The Labute approximate surface area is 194 Å². The second-order valence-corrected chi connectivity index (χ2v) is 8.71. The SMILES string of the molecule is CCC(Sc1cccc(NC(=O)c2ccc(F)cc2)c1)C(=O)Nc1ccc(Cl)c(Cl)c1. The molecular formula is C23H19Cl2FN2O2S. The van der Waals surface area contributed by atoms with Crippen LogP contribution >= 0.6 is 35.0 Å². The minimum absolute atomic E-state index is 0.161. The molecule has 8 heteroatoms. The summed E-state index contributed by atoms with van der Waals surface area (Å²) in [5, 5.41) is 6.07. The van der Waals surface area contributed by atoms with E-state index in [1.807, 2.05) is 13.0 Å². The van der Waals surface area contributed by atoms with Crippen LogP contribution in [-0.4, -0.2) is 17.1 Å². The molecule has 0 spiro atoms. The highest BCUT2D eigenvalue weighted by Crippen LogP contribution is 2.30. The Balaban J connectivity index is 1.66. The van der Waals surface area contributed by atoms with Crippen molar-refractivity contribution < 1.29 is 14.0 Å². The Hall–Kier alpha value is -2.54. The van der Waals surface area contributed by atoms with Gasteiger partial charge in [-0.2, -0.15) is 0 Å². The van der Waals surface area contributed by atoms with Gasteiger partial charge >= 0.3 is 0 Å². The second kappa shape index (κ2) is 10.7. The van der Waals surface area contributed by atoms with E-state index in [1.54, 1.807) is 36.4 Å². The van der Waals surface area contributed by atoms with Crippen molar-refractivity contribution in [2.75, 3.05) is 10.6 Å². The van der Waals surface area contributed by atoms with E-state index in [4.69, 9.17) is 23.2 Å². The second-order valence-electron chi connectivity index (χ2n) is 6.62. The molecule has 3 rings (SSSR count). The number of carbonyl (C=O) groups is 2. The zero-order valence-electron chi connectivity index (χ0n) is 16.5. The molecule has 0 saturated carbocycles. The lowest BCUT2D eigenvalue weighted by molar-refractivity contribution is -0.115. The molecule has 31 heavy (non-hydrogen) atoms. The lowest BCUT2D eigenvalue weighted by Crippen LogP contribution is -2.24. The van der Waals surface area contributed by atoms with Gasteiger partial charge in [0.05, 0.1) is 15.3 Å². The van der Waals surface area contributed by atoms with Gasteiger partial charge in [0, 0.05) is 21.8 Å². The van der Waals surface area contributed by atoms with Crippen LogP contribution in [0.5, 0.6) is 0 Å². The summed E-state index contributed by atoms with van der Waals surface area (Å²) < 4.78 is 13.0. The highest BCUT2D eigenvalue weighted by molar-refractivity contribution is 8.00. The van der Waals surface area contributed by atoms with Crippen LogP contribution in [0.4, 0.5) is 15.8 Å². The number of benzene rings is 3. The summed E-state index contributed by atoms with van der Waals surface area (Å²) in [6.07, 6.45) is 0.601. The Bertz CT molecular complexity index is 1090. The van der Waals surface area contributed by atoms with Crippen molar-refractivity contribution >= 4 is 58.2 Å². The fourth-order valence-corrected chi connectivity index (χ4v) is 4.05. The van der Waals surface area contributed by atoms with E-state index in [9.17, 15) is 14.0 Å². The van der Waals surface area contributed by atoms with Crippen molar-refractivity contribution in [3.8, 4) is 0 Å². The molecule has 160 valence electrons. The molecule has 0 radical (unpaired) electrons. The summed E-state index contributed by atoms with van der Waals surface area (Å²) in [4.78, 5) is 25.9. The molecule has 0 aliphatic heterocycles. The van der Waals surface area contributed by atoms with Crippen LogP contribution in [0.3, 0.4) is 0 Å². The molecule has 0 aliphatic rings. The summed E-state index contributed by atoms with van der Waals surface area (Å²) in [6.45, 7) is 1.92. The zero-order chi connectivity index (χ0) is 22.4. The molecule has 0 aliphatic carbocycles. The van der Waals surface area contributed by atoms with E-state index >= 15 is 0 Å². The summed E-state index contributed by atoms with van der Waals surface area (Å²) >= 11 is 13.3. The maximum atomic E-state index is 13.0. The van der Waals surface area contributed by atoms with Gasteiger partial charge in [-0.15, -0.1) is 11.8 Å². The Kier molecular flexibility index (Phi) is 7.96. The number of anilines is 2. The third kappa shape index (κ3) is 6.47. The van der Waals surface area contributed by atoms with Gasteiger partial charge in [0.2, 0.25) is 5.91 Å². The summed E-state index contributed by atoms with van der Waals surface area (Å²) in [5.74, 6) is -0.905. The molecule has 0 heterocycles. The zero-order valence-corrected chi connectivity index (χ0v) is 18.8. The van der Waals surface area contributed by atoms with Crippen LogP contribution in [0, 0.1) is 5.82 Å². The van der Waals surface area contributed by atoms with Gasteiger partial charge in [-0.1, -0.05) is 36.2 Å². The van der Waals surface area contributed by atoms with Crippen molar-refractivity contribution in [3.05, 3.63) is 88.2 Å². The van der Waals surface area contributed by atoms with Gasteiger partial charge in [-0.05, 0) is 67.1 Å². The molecular weight excluding hydrogens is 458 g/mol. The van der Waals surface area contributed by atoms with Crippen molar-refractivity contribution in [2.45, 2.75) is 23.5 Å². The topological polar surface area (TPSA) is 58.2 Å². The summed E-state index contributed by atoms with van der Waals surface area (Å²) in [5.41, 5.74) is 1.50. The number of amides is 2. The lowest BCUT2D eigenvalue weighted by atomic mass is 10.2. The monoisotopic (exact) mass is 476 g/mol. The first-order valence-corrected chi connectivity index (χ1v) is 11.1. The van der Waals surface area contributed by atoms with Crippen molar-refractivity contribution in [1.29, 1.82) is 0 Å². The van der Waals surface area contributed by atoms with E-state index in [-0.39, 0.29) is 17.1 Å². The van der Waals surface area contributed by atoms with Gasteiger partial charge in [0.15, 0.2) is 0 Å². The normalized spacial score (nSPS) is 11.6. The van der Waals surface area contributed by atoms with Crippen molar-refractivity contribution in [3.63, 3.8) is 0 Å². The van der Waals surface area contributed by atoms with Crippen molar-refractivity contribution in [2.24, 2.45) is 0 Å². The van der Waals surface area contributed by atoms with Gasteiger partial charge in [0.1, 0.15) is 5.82 Å². The first-order valence-electron chi connectivity index (χ1n) is 9.45. The van der Waals surface area contributed by atoms with E-state index in [0.29, 0.717) is 33.4 Å². The highest BCUT2D eigenvalue weighted by Gasteiger charge is 2.19. The number of carbonyl (C=O) groups excluding carboxylic acids is 2. The number of thioether (sulfide) groups is 1. The fourth-order valence-electron chi connectivity index (χ4n) is 2.73. The number of rotatable bonds is 7. The average molecular weight is 477 g/mol. The average Bonchev–Trinajstić information content (AvgIpc) is 2.75. The van der Waals surface area contributed by atoms with E-state index in [2.05, 4.69) is 10.6 Å². The molecule has 2 amide bonds. The Morgan fingerprint density at radius 2 is 1.65 bits per heavy atom. The van der Waals surface area contributed by atoms with Crippen LogP contribution in [-0.2, 0) is 4.79 Å². The first-order chi connectivity index (χ1) is 14.9. The third-order valence-corrected chi connectivity index (χ3v) is 6.42. The smallest absolute Gasteiger partial charge is 0.255 e. The predicted molar refractivity (Wildman–Crippen MR) is 126 cm³/mol. The molecule has 2 N–H and O–H groups in total. The Morgan fingerprint density at radius 3 is 2.32 bits per heavy atom. The van der Waals surface area contributed by atoms with Gasteiger partial charge < -0.3 is 10.6 Å². The molecule has 1 unspecified atom stereocenters. The predicted octanol–water partition coefficient (Wildman–Crippen LogP) is 6.89. The number of hydrogen-bond donors (Lipinski definition) is 2. The molecule has 0 saturated heterocycles. The van der Waals surface area contributed by atoms with Gasteiger partial charge in [-0.3, -0.25) is 9.59 Å². The Morgan fingerprint density at radius 1 is 0.935 bits per heavy atom. The van der Waals surface area contributed by atoms with Crippen LogP contribution in [0.25, 0.3) is 0 Å². The number of hydrogen-bond acceptors (Lipinski definition) is 3. The van der Waals surface area contributed by atoms with E-state index < -0.39 is 5.82 Å². The van der Waals surface area contributed by atoms with E-state index in [0.717, 1.165) is 4.90 Å². The maximum absolute atomic E-state index is 13.0.